The number of nitrogens with zero attached hydrogens (tertiary/aromatic N) is 3. The zero-order chi connectivity index (χ0) is 17.0. The summed E-state index contributed by atoms with van der Waals surface area (Å²) >= 11 is 0. The Kier molecular flexibility index (Phi) is 5.08. The van der Waals surface area contributed by atoms with Crippen LogP contribution < -0.4 is 4.90 Å². The quantitative estimate of drug-likeness (QED) is 0.913. The highest BCUT2D eigenvalue weighted by Crippen LogP contribution is 2.16. The van der Waals surface area contributed by atoms with Gasteiger partial charge in [-0.05, 0) is 32.4 Å². The van der Waals surface area contributed by atoms with Gasteiger partial charge in [0.15, 0.2) is 0 Å². The molecule has 1 fully saturated rings. The van der Waals surface area contributed by atoms with Crippen LogP contribution in [-0.2, 0) is 16.0 Å². The van der Waals surface area contributed by atoms with Crippen LogP contribution in [0.25, 0.3) is 0 Å². The van der Waals surface area contributed by atoms with Gasteiger partial charge in [-0.1, -0.05) is 6.07 Å². The Labute approximate surface area is 135 Å². The smallest absolute Gasteiger partial charge is 0.410 e. The number of pyridine rings is 1. The van der Waals surface area contributed by atoms with Crippen molar-refractivity contribution in [1.29, 1.82) is 0 Å². The van der Waals surface area contributed by atoms with Crippen molar-refractivity contribution >= 4 is 17.9 Å². The lowest BCUT2D eigenvalue weighted by molar-refractivity contribution is -0.136. The topological polar surface area (TPSA) is 83.0 Å². The van der Waals surface area contributed by atoms with E-state index in [1.54, 1.807) is 17.2 Å². The van der Waals surface area contributed by atoms with E-state index in [9.17, 15) is 9.59 Å². The number of anilines is 1. The maximum absolute atomic E-state index is 12.0. The molecule has 2 rings (SSSR count). The summed E-state index contributed by atoms with van der Waals surface area (Å²) in [5.41, 5.74) is 0.184. The minimum Gasteiger partial charge on any atom is -0.481 e. The summed E-state index contributed by atoms with van der Waals surface area (Å²) < 4.78 is 5.37. The van der Waals surface area contributed by atoms with Gasteiger partial charge in [0.2, 0.25) is 0 Å². The summed E-state index contributed by atoms with van der Waals surface area (Å²) in [7, 11) is 0. The van der Waals surface area contributed by atoms with Crippen LogP contribution in [-0.4, -0.2) is 58.8 Å². The number of hydrogen-bond donors (Lipinski definition) is 1. The van der Waals surface area contributed by atoms with Crippen molar-refractivity contribution in [3.8, 4) is 0 Å². The highest BCUT2D eigenvalue weighted by molar-refractivity contribution is 5.70. The molecule has 0 aliphatic carbocycles. The van der Waals surface area contributed by atoms with Crippen LogP contribution in [0.1, 0.15) is 26.3 Å². The van der Waals surface area contributed by atoms with Crippen LogP contribution >= 0.6 is 0 Å². The number of amides is 1. The predicted octanol–water partition coefficient (Wildman–Crippen LogP) is 1.77. The van der Waals surface area contributed by atoms with E-state index in [1.807, 2.05) is 26.8 Å². The fraction of sp³-hybridized carbons (Fsp3) is 0.562. The second-order valence-electron chi connectivity index (χ2n) is 6.55. The highest BCUT2D eigenvalue weighted by atomic mass is 16.6. The van der Waals surface area contributed by atoms with Crippen LogP contribution in [0.5, 0.6) is 0 Å². The van der Waals surface area contributed by atoms with Crippen LogP contribution in [0, 0.1) is 0 Å². The van der Waals surface area contributed by atoms with Gasteiger partial charge in [-0.2, -0.15) is 0 Å². The Balaban J connectivity index is 1.89. The van der Waals surface area contributed by atoms with Crippen LogP contribution in [0.3, 0.4) is 0 Å². The van der Waals surface area contributed by atoms with E-state index in [4.69, 9.17) is 9.84 Å². The number of hydrogen-bond acceptors (Lipinski definition) is 5. The molecule has 1 aliphatic rings. The minimum absolute atomic E-state index is 0.0281. The molecule has 2 heterocycles. The van der Waals surface area contributed by atoms with Gasteiger partial charge < -0.3 is 19.6 Å². The number of aliphatic carboxylic acids is 1. The van der Waals surface area contributed by atoms with Crippen molar-refractivity contribution in [2.45, 2.75) is 32.8 Å². The van der Waals surface area contributed by atoms with Gasteiger partial charge in [-0.15, -0.1) is 0 Å². The molecule has 1 aliphatic heterocycles. The Morgan fingerprint density at radius 2 is 1.87 bits per heavy atom. The summed E-state index contributed by atoms with van der Waals surface area (Å²) in [5.74, 6) is -0.0755. The van der Waals surface area contributed by atoms with Crippen molar-refractivity contribution in [3.05, 3.63) is 23.9 Å². The van der Waals surface area contributed by atoms with Gasteiger partial charge in [-0.3, -0.25) is 4.79 Å². The Morgan fingerprint density at radius 1 is 1.22 bits per heavy atom. The average molecular weight is 321 g/mol. The average Bonchev–Trinajstić information content (AvgIpc) is 2.46. The first-order valence-electron chi connectivity index (χ1n) is 7.64. The lowest BCUT2D eigenvalue weighted by atomic mass is 10.2. The van der Waals surface area contributed by atoms with Crippen molar-refractivity contribution in [3.63, 3.8) is 0 Å². The van der Waals surface area contributed by atoms with Gasteiger partial charge in [0.25, 0.3) is 0 Å². The number of piperazine rings is 1. The third-order valence-corrected chi connectivity index (χ3v) is 3.42. The number of carboxylic acid groups (broad SMARTS) is 1. The van der Waals surface area contributed by atoms with Crippen LogP contribution in [0.15, 0.2) is 18.3 Å². The molecule has 1 N–H and O–H groups in total. The van der Waals surface area contributed by atoms with E-state index in [0.29, 0.717) is 31.7 Å². The van der Waals surface area contributed by atoms with E-state index in [-0.39, 0.29) is 12.5 Å². The zero-order valence-electron chi connectivity index (χ0n) is 13.8. The van der Waals surface area contributed by atoms with Crippen molar-refractivity contribution in [2.24, 2.45) is 0 Å². The zero-order valence-corrected chi connectivity index (χ0v) is 13.8. The monoisotopic (exact) mass is 321 g/mol. The molecule has 7 nitrogen and oxygen atoms in total. The first-order chi connectivity index (χ1) is 10.7. The molecular formula is C16H23N3O4. The summed E-state index contributed by atoms with van der Waals surface area (Å²) in [6.07, 6.45) is 1.27. The van der Waals surface area contributed by atoms with Gasteiger partial charge >= 0.3 is 12.1 Å². The van der Waals surface area contributed by atoms with E-state index in [0.717, 1.165) is 5.82 Å². The molecule has 0 unspecified atom stereocenters. The summed E-state index contributed by atoms with van der Waals surface area (Å²) in [6.45, 7) is 8.05. The van der Waals surface area contributed by atoms with Crippen molar-refractivity contribution in [1.82, 2.24) is 9.88 Å². The normalized spacial score (nSPS) is 15.4. The van der Waals surface area contributed by atoms with Crippen molar-refractivity contribution < 1.29 is 19.4 Å². The predicted molar refractivity (Wildman–Crippen MR) is 85.6 cm³/mol. The Hall–Kier alpha value is -2.31. The number of ether oxygens (including phenoxy) is 1. The molecular weight excluding hydrogens is 298 g/mol. The van der Waals surface area contributed by atoms with E-state index < -0.39 is 11.6 Å². The van der Waals surface area contributed by atoms with Gasteiger partial charge in [0.05, 0.1) is 6.42 Å². The highest BCUT2D eigenvalue weighted by Gasteiger charge is 2.26. The van der Waals surface area contributed by atoms with Crippen LogP contribution in [0.4, 0.5) is 10.6 Å². The summed E-state index contributed by atoms with van der Waals surface area (Å²) in [6, 6.07) is 3.60. The Bertz CT molecular complexity index is 558. The van der Waals surface area contributed by atoms with Gasteiger partial charge in [-0.25, -0.2) is 9.78 Å². The largest absolute Gasteiger partial charge is 0.481 e. The van der Waals surface area contributed by atoms with E-state index in [2.05, 4.69) is 9.88 Å². The molecule has 1 aromatic rings. The molecule has 0 saturated carbocycles. The SMILES string of the molecule is CC(C)(C)OC(=O)N1CCN(c2ccc(CC(=O)O)cn2)CC1. The summed E-state index contributed by atoms with van der Waals surface area (Å²) in [5, 5.41) is 8.76. The molecule has 1 amide bonds. The summed E-state index contributed by atoms with van der Waals surface area (Å²) in [4.78, 5) is 30.8. The number of carboxylic acids is 1. The lowest BCUT2D eigenvalue weighted by Gasteiger charge is -2.36. The number of carbonyl (C=O) groups excluding carboxylic acids is 1. The first kappa shape index (κ1) is 17.1. The van der Waals surface area contributed by atoms with Gasteiger partial charge in [0, 0.05) is 32.4 Å². The number of rotatable bonds is 3. The fourth-order valence-electron chi connectivity index (χ4n) is 2.33. The third-order valence-electron chi connectivity index (χ3n) is 3.42. The Morgan fingerprint density at radius 3 is 2.35 bits per heavy atom. The number of carbonyl (C=O) groups is 2. The first-order valence-corrected chi connectivity index (χ1v) is 7.64. The molecule has 126 valence electrons. The molecule has 0 atom stereocenters. The van der Waals surface area contributed by atoms with E-state index >= 15 is 0 Å². The lowest BCUT2D eigenvalue weighted by Crippen LogP contribution is -2.50. The molecule has 0 radical (unpaired) electrons. The second kappa shape index (κ2) is 6.85. The number of aromatic nitrogens is 1. The minimum atomic E-state index is -0.870. The van der Waals surface area contributed by atoms with Crippen LogP contribution in [0.2, 0.25) is 0 Å². The molecule has 23 heavy (non-hydrogen) atoms. The molecule has 1 saturated heterocycles. The second-order valence-corrected chi connectivity index (χ2v) is 6.55. The van der Waals surface area contributed by atoms with E-state index in [1.165, 1.54) is 0 Å². The van der Waals surface area contributed by atoms with Crippen molar-refractivity contribution in [2.75, 3.05) is 31.1 Å². The maximum Gasteiger partial charge on any atom is 0.410 e. The fourth-order valence-corrected chi connectivity index (χ4v) is 2.33. The molecule has 0 aromatic carbocycles. The standard InChI is InChI=1S/C16H23N3O4/c1-16(2,3)23-15(22)19-8-6-18(7-9-19)13-5-4-12(11-17-13)10-14(20)21/h4-5,11H,6-10H2,1-3H3,(H,20,21). The molecule has 7 heteroatoms. The molecule has 1 aromatic heterocycles. The molecule has 0 bridgehead atoms. The van der Waals surface area contributed by atoms with Gasteiger partial charge in [0.1, 0.15) is 11.4 Å². The maximum atomic E-state index is 12.0. The molecule has 0 spiro atoms. The third kappa shape index (κ3) is 5.12.